The number of aromatic nitrogens is 2. The molecule has 0 unspecified atom stereocenters. The Morgan fingerprint density at radius 2 is 2.00 bits per heavy atom. The molecule has 1 aromatic heterocycles. The first-order valence-electron chi connectivity index (χ1n) is 5.71. The normalized spacial score (nSPS) is 10.5. The summed E-state index contributed by atoms with van der Waals surface area (Å²) in [6.07, 6.45) is 1.36. The lowest BCUT2D eigenvalue weighted by atomic mass is 10.1. The molecule has 2 aromatic rings. The van der Waals surface area contributed by atoms with Crippen molar-refractivity contribution >= 4 is 28.4 Å². The molecule has 0 saturated heterocycles. The zero-order valence-corrected chi connectivity index (χ0v) is 12.7. The number of aryl methyl sites for hydroxylation is 2. The number of anilines is 1. The average molecular weight is 373 g/mol. The van der Waals surface area contributed by atoms with Crippen molar-refractivity contribution < 1.29 is 4.39 Å². The molecule has 6 heteroatoms. The number of benzene rings is 1. The second kappa shape index (κ2) is 5.68. The van der Waals surface area contributed by atoms with Crippen LogP contribution in [-0.2, 0) is 6.54 Å². The van der Waals surface area contributed by atoms with Crippen molar-refractivity contribution in [2.75, 3.05) is 5.32 Å². The molecule has 19 heavy (non-hydrogen) atoms. The highest BCUT2D eigenvalue weighted by Gasteiger charge is 2.07. The standard InChI is InChI=1S/C13H13FIN3O/c1-7-3-9(4-8(2)10(7)14)5-16-12-11(15)13(19)18-6-17-12/h3-4,6H,5H2,1-2H3,(H2,16,17,18,19). The van der Waals surface area contributed by atoms with E-state index in [1.54, 1.807) is 26.0 Å². The first-order chi connectivity index (χ1) is 8.99. The van der Waals surface area contributed by atoms with Crippen LogP contribution in [0.1, 0.15) is 16.7 Å². The second-order valence-electron chi connectivity index (χ2n) is 4.29. The molecule has 0 spiro atoms. The highest BCUT2D eigenvalue weighted by atomic mass is 127. The van der Waals surface area contributed by atoms with Gasteiger partial charge in [0.05, 0.1) is 6.33 Å². The summed E-state index contributed by atoms with van der Waals surface area (Å²) < 4.78 is 14.0. The number of nitrogens with one attached hydrogen (secondary N) is 2. The van der Waals surface area contributed by atoms with E-state index in [4.69, 9.17) is 0 Å². The monoisotopic (exact) mass is 373 g/mol. The van der Waals surface area contributed by atoms with Gasteiger partial charge in [-0.2, -0.15) is 0 Å². The van der Waals surface area contributed by atoms with E-state index < -0.39 is 0 Å². The summed E-state index contributed by atoms with van der Waals surface area (Å²) in [6, 6.07) is 3.57. The number of nitrogens with zero attached hydrogens (tertiary/aromatic N) is 1. The molecule has 0 aliphatic carbocycles. The topological polar surface area (TPSA) is 57.8 Å². The van der Waals surface area contributed by atoms with Crippen molar-refractivity contribution in [1.82, 2.24) is 9.97 Å². The Morgan fingerprint density at radius 3 is 2.63 bits per heavy atom. The van der Waals surface area contributed by atoms with Gasteiger partial charge < -0.3 is 10.3 Å². The number of hydrogen-bond donors (Lipinski definition) is 2. The third-order valence-electron chi connectivity index (χ3n) is 2.75. The van der Waals surface area contributed by atoms with Gasteiger partial charge in [0, 0.05) is 6.54 Å². The smallest absolute Gasteiger partial charge is 0.266 e. The summed E-state index contributed by atoms with van der Waals surface area (Å²) in [6.45, 7) is 3.97. The van der Waals surface area contributed by atoms with Gasteiger partial charge in [0.1, 0.15) is 15.2 Å². The molecule has 0 amide bonds. The van der Waals surface area contributed by atoms with Gasteiger partial charge in [0.25, 0.3) is 5.56 Å². The minimum atomic E-state index is -0.176. The molecule has 0 aliphatic heterocycles. The summed E-state index contributed by atoms with van der Waals surface area (Å²) in [5, 5.41) is 3.08. The first kappa shape index (κ1) is 14.0. The quantitative estimate of drug-likeness (QED) is 0.814. The molecule has 0 bridgehead atoms. The molecular formula is C13H13FIN3O. The molecule has 0 radical (unpaired) electrons. The van der Waals surface area contributed by atoms with Crippen molar-refractivity contribution in [2.24, 2.45) is 0 Å². The second-order valence-corrected chi connectivity index (χ2v) is 5.37. The highest BCUT2D eigenvalue weighted by Crippen LogP contribution is 2.16. The number of rotatable bonds is 3. The Morgan fingerprint density at radius 1 is 1.37 bits per heavy atom. The Balaban J connectivity index is 2.19. The van der Waals surface area contributed by atoms with E-state index in [1.165, 1.54) is 6.33 Å². The first-order valence-corrected chi connectivity index (χ1v) is 6.79. The Labute approximate surface area is 123 Å². The van der Waals surface area contributed by atoms with E-state index >= 15 is 0 Å². The van der Waals surface area contributed by atoms with Crippen LogP contribution in [0.3, 0.4) is 0 Å². The van der Waals surface area contributed by atoms with E-state index in [0.29, 0.717) is 27.1 Å². The van der Waals surface area contributed by atoms with Gasteiger partial charge in [-0.3, -0.25) is 4.79 Å². The Hall–Kier alpha value is -1.44. The van der Waals surface area contributed by atoms with Gasteiger partial charge >= 0.3 is 0 Å². The largest absolute Gasteiger partial charge is 0.365 e. The third kappa shape index (κ3) is 3.12. The number of aromatic amines is 1. The predicted molar refractivity (Wildman–Crippen MR) is 80.8 cm³/mol. The zero-order chi connectivity index (χ0) is 14.0. The Kier molecular flexibility index (Phi) is 4.18. The fourth-order valence-corrected chi connectivity index (χ4v) is 2.32. The molecule has 100 valence electrons. The lowest BCUT2D eigenvalue weighted by Gasteiger charge is -2.09. The summed E-state index contributed by atoms with van der Waals surface area (Å²) in [5.74, 6) is 0.358. The van der Waals surface area contributed by atoms with Crippen LogP contribution in [0.2, 0.25) is 0 Å². The van der Waals surface area contributed by atoms with Gasteiger partial charge in [-0.15, -0.1) is 0 Å². The molecule has 0 aliphatic rings. The number of H-pyrrole nitrogens is 1. The molecule has 0 atom stereocenters. The number of hydrogen-bond acceptors (Lipinski definition) is 3. The summed E-state index contributed by atoms with van der Waals surface area (Å²) in [4.78, 5) is 18.0. The molecule has 2 N–H and O–H groups in total. The maximum absolute atomic E-state index is 13.5. The van der Waals surface area contributed by atoms with Gasteiger partial charge in [-0.25, -0.2) is 9.37 Å². The van der Waals surface area contributed by atoms with Gasteiger partial charge in [0.2, 0.25) is 0 Å². The van der Waals surface area contributed by atoms with Crippen LogP contribution >= 0.6 is 22.6 Å². The minimum Gasteiger partial charge on any atom is -0.365 e. The van der Waals surface area contributed by atoms with E-state index in [-0.39, 0.29) is 11.4 Å². The molecule has 4 nitrogen and oxygen atoms in total. The summed E-state index contributed by atoms with van der Waals surface area (Å²) >= 11 is 1.94. The third-order valence-corrected chi connectivity index (χ3v) is 3.75. The predicted octanol–water partition coefficient (Wildman–Crippen LogP) is 2.74. The molecule has 2 rings (SSSR count). The minimum absolute atomic E-state index is 0.174. The maximum Gasteiger partial charge on any atom is 0.266 e. The molecular weight excluding hydrogens is 360 g/mol. The average Bonchev–Trinajstić information content (AvgIpc) is 2.37. The molecule has 1 heterocycles. The van der Waals surface area contributed by atoms with Crippen LogP contribution in [0.5, 0.6) is 0 Å². The van der Waals surface area contributed by atoms with E-state index in [2.05, 4.69) is 15.3 Å². The van der Waals surface area contributed by atoms with E-state index in [9.17, 15) is 9.18 Å². The van der Waals surface area contributed by atoms with Crippen molar-refractivity contribution in [1.29, 1.82) is 0 Å². The van der Waals surface area contributed by atoms with Crippen molar-refractivity contribution in [3.63, 3.8) is 0 Å². The maximum atomic E-state index is 13.5. The zero-order valence-electron chi connectivity index (χ0n) is 10.6. The Bertz CT molecular complexity index is 646. The fraction of sp³-hybridized carbons (Fsp3) is 0.231. The van der Waals surface area contributed by atoms with Crippen LogP contribution in [-0.4, -0.2) is 9.97 Å². The van der Waals surface area contributed by atoms with Crippen LogP contribution in [0.25, 0.3) is 0 Å². The SMILES string of the molecule is Cc1cc(CNc2nc[nH]c(=O)c2I)cc(C)c1F. The lowest BCUT2D eigenvalue weighted by Crippen LogP contribution is -2.14. The number of halogens is 2. The molecule has 0 saturated carbocycles. The molecule has 0 fully saturated rings. The summed E-state index contributed by atoms with van der Waals surface area (Å²) in [7, 11) is 0. The van der Waals surface area contributed by atoms with Crippen LogP contribution in [0.15, 0.2) is 23.3 Å². The van der Waals surface area contributed by atoms with Gasteiger partial charge in [-0.1, -0.05) is 12.1 Å². The van der Waals surface area contributed by atoms with Crippen LogP contribution < -0.4 is 10.9 Å². The van der Waals surface area contributed by atoms with Gasteiger partial charge in [0.15, 0.2) is 0 Å². The lowest BCUT2D eigenvalue weighted by molar-refractivity contribution is 0.608. The van der Waals surface area contributed by atoms with Crippen molar-refractivity contribution in [3.8, 4) is 0 Å². The summed E-state index contributed by atoms with van der Waals surface area (Å²) in [5.41, 5.74) is 2.01. The van der Waals surface area contributed by atoms with Crippen molar-refractivity contribution in [2.45, 2.75) is 20.4 Å². The van der Waals surface area contributed by atoms with Crippen LogP contribution in [0, 0.1) is 23.2 Å². The fourth-order valence-electron chi connectivity index (χ4n) is 1.83. The highest BCUT2D eigenvalue weighted by molar-refractivity contribution is 14.1. The van der Waals surface area contributed by atoms with Gasteiger partial charge in [-0.05, 0) is 53.1 Å². The van der Waals surface area contributed by atoms with E-state index in [0.717, 1.165) is 5.56 Å². The molecule has 1 aromatic carbocycles. The van der Waals surface area contributed by atoms with Crippen LogP contribution in [0.4, 0.5) is 10.2 Å². The van der Waals surface area contributed by atoms with E-state index in [1.807, 2.05) is 22.6 Å². The van der Waals surface area contributed by atoms with Crippen molar-refractivity contribution in [3.05, 3.63) is 54.9 Å².